The second-order valence-electron chi connectivity index (χ2n) is 6.12. The number of hydrogen-bond acceptors (Lipinski definition) is 5. The van der Waals surface area contributed by atoms with Gasteiger partial charge in [0.1, 0.15) is 10.8 Å². The summed E-state index contributed by atoms with van der Waals surface area (Å²) in [7, 11) is 0. The Morgan fingerprint density at radius 2 is 1.70 bits per heavy atom. The third-order valence-corrected chi connectivity index (χ3v) is 5.55. The Kier molecular flexibility index (Phi) is 3.51. The Labute approximate surface area is 158 Å². The highest BCUT2D eigenvalue weighted by Crippen LogP contribution is 2.37. The van der Waals surface area contributed by atoms with Crippen LogP contribution in [-0.2, 0) is 0 Å². The normalized spacial score (nSPS) is 11.3. The number of thiazole rings is 1. The first kappa shape index (κ1) is 15.7. The van der Waals surface area contributed by atoms with E-state index in [-0.39, 0.29) is 5.56 Å². The number of nitrogens with zero attached hydrogens (tertiary/aromatic N) is 3. The molecule has 0 aliphatic heterocycles. The fraction of sp³-hybridized carbons (Fsp3) is 0. The highest BCUT2D eigenvalue weighted by molar-refractivity contribution is 7.21. The van der Waals surface area contributed by atoms with Crippen LogP contribution in [-0.4, -0.2) is 14.5 Å². The highest BCUT2D eigenvalue weighted by Gasteiger charge is 2.20. The molecule has 2 aromatic carbocycles. The van der Waals surface area contributed by atoms with Gasteiger partial charge in [0.05, 0.1) is 32.4 Å². The van der Waals surface area contributed by atoms with Crippen LogP contribution in [0, 0.1) is 0 Å². The van der Waals surface area contributed by atoms with Gasteiger partial charge in [-0.25, -0.2) is 4.98 Å². The zero-order chi connectivity index (χ0) is 18.4. The number of hydrogen-bond donors (Lipinski definition) is 1. The number of para-hydroxylation sites is 2. The van der Waals surface area contributed by atoms with Gasteiger partial charge < -0.3 is 5.73 Å². The van der Waals surface area contributed by atoms with Gasteiger partial charge in [0.2, 0.25) is 0 Å². The first-order valence-electron chi connectivity index (χ1n) is 8.44. The lowest BCUT2D eigenvalue weighted by Crippen LogP contribution is -2.23. The molecule has 0 spiro atoms. The Morgan fingerprint density at radius 1 is 0.926 bits per heavy atom. The van der Waals surface area contributed by atoms with Gasteiger partial charge in [-0.2, -0.15) is 0 Å². The molecule has 0 unspecified atom stereocenters. The van der Waals surface area contributed by atoms with Gasteiger partial charge in [-0.15, -0.1) is 11.3 Å². The summed E-state index contributed by atoms with van der Waals surface area (Å²) < 4.78 is 2.60. The molecule has 0 saturated carbocycles. The lowest BCUT2D eigenvalue weighted by molar-refractivity contribution is 1.02. The van der Waals surface area contributed by atoms with Crippen molar-refractivity contribution in [2.24, 2.45) is 0 Å². The van der Waals surface area contributed by atoms with E-state index in [4.69, 9.17) is 10.7 Å². The summed E-state index contributed by atoms with van der Waals surface area (Å²) in [6.07, 6.45) is 1.67. The summed E-state index contributed by atoms with van der Waals surface area (Å²) in [5, 5.41) is 1.27. The van der Waals surface area contributed by atoms with Crippen LogP contribution in [0.25, 0.3) is 37.4 Å². The van der Waals surface area contributed by atoms with E-state index in [1.54, 1.807) is 29.7 Å². The first-order valence-corrected chi connectivity index (χ1v) is 9.26. The van der Waals surface area contributed by atoms with Crippen molar-refractivity contribution in [3.63, 3.8) is 0 Å². The molecule has 2 N–H and O–H groups in total. The Hall–Kier alpha value is -3.51. The molecule has 3 heterocycles. The molecule has 130 valence electrons. The van der Waals surface area contributed by atoms with Crippen LogP contribution in [0.1, 0.15) is 0 Å². The maximum atomic E-state index is 13.1. The standard InChI is InChI=1S/C21H14N4OS/c22-19-17(20-24-15-10-4-5-11-16(15)27-20)18-14(9-6-12-23-18)21(26)25(19)13-7-2-1-3-8-13/h1-12H,22H2. The second-order valence-corrected chi connectivity index (χ2v) is 7.15. The smallest absolute Gasteiger partial charge is 0.266 e. The molecule has 6 heteroatoms. The first-order chi connectivity index (χ1) is 13.2. The molecule has 0 fully saturated rings. The maximum absolute atomic E-state index is 13.1. The van der Waals surface area contributed by atoms with E-state index in [9.17, 15) is 4.79 Å². The largest absolute Gasteiger partial charge is 0.384 e. The number of fused-ring (bicyclic) bond motifs is 2. The zero-order valence-electron chi connectivity index (χ0n) is 14.2. The molecule has 0 aliphatic rings. The van der Waals surface area contributed by atoms with Crippen molar-refractivity contribution in [1.82, 2.24) is 14.5 Å². The molecule has 0 atom stereocenters. The summed E-state index contributed by atoms with van der Waals surface area (Å²) >= 11 is 1.54. The van der Waals surface area contributed by atoms with Gasteiger partial charge in [-0.05, 0) is 36.4 Å². The quantitative estimate of drug-likeness (QED) is 0.504. The minimum Gasteiger partial charge on any atom is -0.384 e. The molecular formula is C21H14N4OS. The zero-order valence-corrected chi connectivity index (χ0v) is 15.0. The summed E-state index contributed by atoms with van der Waals surface area (Å²) in [4.78, 5) is 22.3. The van der Waals surface area contributed by atoms with Crippen LogP contribution in [0.15, 0.2) is 77.7 Å². The van der Waals surface area contributed by atoms with Gasteiger partial charge in [0.25, 0.3) is 5.56 Å². The van der Waals surface area contributed by atoms with Gasteiger partial charge in [-0.3, -0.25) is 14.3 Å². The van der Waals surface area contributed by atoms with Crippen molar-refractivity contribution in [1.29, 1.82) is 0 Å². The van der Waals surface area contributed by atoms with Crippen LogP contribution < -0.4 is 11.3 Å². The fourth-order valence-corrected chi connectivity index (χ4v) is 4.28. The molecule has 0 radical (unpaired) electrons. The average Bonchev–Trinajstić information content (AvgIpc) is 3.13. The number of nitrogen functional groups attached to an aromatic ring is 1. The van der Waals surface area contributed by atoms with Crippen LogP contribution in [0.5, 0.6) is 0 Å². The van der Waals surface area contributed by atoms with E-state index in [1.807, 2.05) is 54.6 Å². The van der Waals surface area contributed by atoms with Crippen molar-refractivity contribution < 1.29 is 0 Å². The number of rotatable bonds is 2. The molecule has 0 aliphatic carbocycles. The molecule has 5 aromatic rings. The van der Waals surface area contributed by atoms with Crippen LogP contribution >= 0.6 is 11.3 Å². The molecule has 3 aromatic heterocycles. The van der Waals surface area contributed by atoms with E-state index in [1.165, 1.54) is 4.57 Å². The lowest BCUT2D eigenvalue weighted by atomic mass is 10.1. The van der Waals surface area contributed by atoms with Crippen LogP contribution in [0.2, 0.25) is 0 Å². The van der Waals surface area contributed by atoms with Crippen molar-refractivity contribution in [3.8, 4) is 16.3 Å². The SMILES string of the molecule is Nc1c(-c2nc3ccccc3s2)c2ncccc2c(=O)n1-c1ccccc1. The van der Waals surface area contributed by atoms with E-state index < -0.39 is 0 Å². The molecule has 5 nitrogen and oxygen atoms in total. The number of nitrogens with two attached hydrogens (primary N) is 1. The molecule has 5 rings (SSSR count). The molecule has 0 amide bonds. The monoisotopic (exact) mass is 370 g/mol. The van der Waals surface area contributed by atoms with Crippen molar-refractivity contribution >= 4 is 38.3 Å². The summed E-state index contributed by atoms with van der Waals surface area (Å²) in [5.74, 6) is 0.344. The number of anilines is 1. The summed E-state index contributed by atoms with van der Waals surface area (Å²) in [6, 6.07) is 20.9. The van der Waals surface area contributed by atoms with E-state index in [0.29, 0.717) is 28.0 Å². The second kappa shape index (κ2) is 6.03. The number of pyridine rings is 2. The minimum absolute atomic E-state index is 0.188. The van der Waals surface area contributed by atoms with E-state index in [2.05, 4.69) is 4.98 Å². The van der Waals surface area contributed by atoms with Gasteiger partial charge >= 0.3 is 0 Å². The van der Waals surface area contributed by atoms with Gasteiger partial charge in [0.15, 0.2) is 0 Å². The molecule has 0 bridgehead atoms. The minimum atomic E-state index is -0.188. The Morgan fingerprint density at radius 3 is 2.52 bits per heavy atom. The summed E-state index contributed by atoms with van der Waals surface area (Å²) in [5.41, 5.74) is 9.22. The molecule has 27 heavy (non-hydrogen) atoms. The lowest BCUT2D eigenvalue weighted by Gasteiger charge is -2.15. The molecule has 0 saturated heterocycles. The third-order valence-electron chi connectivity index (χ3n) is 4.50. The summed E-state index contributed by atoms with van der Waals surface area (Å²) in [6.45, 7) is 0. The predicted octanol–water partition coefficient (Wildman–Crippen LogP) is 4.24. The Balaban J connectivity index is 1.93. The Bertz CT molecular complexity index is 1320. The van der Waals surface area contributed by atoms with Crippen LogP contribution in [0.4, 0.5) is 5.82 Å². The topological polar surface area (TPSA) is 73.8 Å². The predicted molar refractivity (Wildman–Crippen MR) is 110 cm³/mol. The highest BCUT2D eigenvalue weighted by atomic mass is 32.1. The number of benzene rings is 2. The van der Waals surface area contributed by atoms with Crippen molar-refractivity contribution in [3.05, 3.63) is 83.3 Å². The van der Waals surface area contributed by atoms with Crippen LogP contribution in [0.3, 0.4) is 0 Å². The van der Waals surface area contributed by atoms with Crippen molar-refractivity contribution in [2.45, 2.75) is 0 Å². The molecular weight excluding hydrogens is 356 g/mol. The fourth-order valence-electron chi connectivity index (χ4n) is 3.26. The van der Waals surface area contributed by atoms with Crippen molar-refractivity contribution in [2.75, 3.05) is 5.73 Å². The van der Waals surface area contributed by atoms with Gasteiger partial charge in [0, 0.05) is 6.20 Å². The van der Waals surface area contributed by atoms with E-state index in [0.717, 1.165) is 15.2 Å². The third kappa shape index (κ3) is 2.42. The van der Waals surface area contributed by atoms with E-state index >= 15 is 0 Å². The number of aromatic nitrogens is 3. The maximum Gasteiger partial charge on any atom is 0.266 e. The average molecular weight is 370 g/mol. The van der Waals surface area contributed by atoms with Gasteiger partial charge in [-0.1, -0.05) is 30.3 Å².